The van der Waals surface area contributed by atoms with Crippen LogP contribution in [0.1, 0.15) is 174 Å². The van der Waals surface area contributed by atoms with Crippen LogP contribution in [-0.2, 0) is 51.0 Å². The number of nitrogen functional groups attached to an aromatic ring is 1. The van der Waals surface area contributed by atoms with E-state index in [1.54, 1.807) is 0 Å². The highest BCUT2D eigenvalue weighted by atomic mass is 31.3. The Morgan fingerprint density at radius 1 is 0.725 bits per heavy atom. The Bertz CT molecular complexity index is 1860. The fourth-order valence-electron chi connectivity index (χ4n) is 7.64. The van der Waals surface area contributed by atoms with Crippen LogP contribution < -0.4 is 11.4 Å². The molecular formula is C48H81N3O16P2. The normalized spacial score (nSPS) is 22.6. The Morgan fingerprint density at radius 2 is 1.30 bits per heavy atom. The smallest absolute Gasteiger partial charge is 0.462 e. The molecule has 4 unspecified atom stereocenters. The zero-order valence-corrected chi connectivity index (χ0v) is 42.6. The number of epoxide rings is 1. The van der Waals surface area contributed by atoms with Crippen LogP contribution in [0.25, 0.3) is 0 Å². The number of nitrogens with two attached hydrogens (primary N) is 1. The molecule has 0 radical (unpaired) electrons. The number of allylic oxidation sites excluding steroid dienone is 5. The lowest BCUT2D eigenvalue weighted by Gasteiger charge is -2.21. The highest BCUT2D eigenvalue weighted by Gasteiger charge is 2.46. The number of phosphoric acid groups is 2. The first kappa shape index (κ1) is 60.2. The largest absolute Gasteiger partial charge is 0.481 e. The zero-order chi connectivity index (χ0) is 50.3. The Hall–Kier alpha value is -3.06. The van der Waals surface area contributed by atoms with E-state index in [0.717, 1.165) is 62.1 Å². The number of carbonyl (C=O) groups excluding carboxylic acids is 2. The lowest BCUT2D eigenvalue weighted by Crippen LogP contribution is -2.36. The number of aromatic nitrogens is 2. The maximum absolute atomic E-state index is 12.9. The molecule has 394 valence electrons. The van der Waals surface area contributed by atoms with E-state index < -0.39 is 83.7 Å². The molecule has 2 saturated heterocycles. The van der Waals surface area contributed by atoms with Crippen LogP contribution in [-0.4, -0.2) is 97.9 Å². The molecule has 0 amide bonds. The molecule has 2 aliphatic rings. The van der Waals surface area contributed by atoms with Crippen LogP contribution in [0.15, 0.2) is 53.5 Å². The average molecular weight is 1020 g/mol. The monoisotopic (exact) mass is 1020 g/mol. The number of anilines is 1. The van der Waals surface area contributed by atoms with E-state index in [-0.39, 0.29) is 30.9 Å². The fraction of sp³-hybridized carbons (Fsp3) is 0.750. The van der Waals surface area contributed by atoms with Crippen molar-refractivity contribution in [3.05, 3.63) is 59.2 Å². The van der Waals surface area contributed by atoms with Crippen molar-refractivity contribution in [2.24, 2.45) is 0 Å². The van der Waals surface area contributed by atoms with Gasteiger partial charge in [0.2, 0.25) is 0 Å². The summed E-state index contributed by atoms with van der Waals surface area (Å²) < 4.78 is 62.5. The van der Waals surface area contributed by atoms with Crippen molar-refractivity contribution in [3.8, 4) is 0 Å². The number of rotatable bonds is 40. The van der Waals surface area contributed by atoms with Gasteiger partial charge >= 0.3 is 33.3 Å². The van der Waals surface area contributed by atoms with Crippen molar-refractivity contribution in [3.63, 3.8) is 0 Å². The minimum atomic E-state index is -5.44. The first-order valence-electron chi connectivity index (χ1n) is 25.1. The third-order valence-corrected chi connectivity index (χ3v) is 14.3. The first-order chi connectivity index (χ1) is 33.1. The second-order valence-corrected chi connectivity index (χ2v) is 20.8. The molecule has 3 rings (SSSR count). The third-order valence-electron chi connectivity index (χ3n) is 11.7. The molecule has 0 aromatic carbocycles. The van der Waals surface area contributed by atoms with Gasteiger partial charge < -0.3 is 44.7 Å². The summed E-state index contributed by atoms with van der Waals surface area (Å²) in [5.41, 5.74) is 4.58. The van der Waals surface area contributed by atoms with Gasteiger partial charge in [-0.05, 0) is 57.4 Å². The molecule has 9 atom stereocenters. The number of ether oxygens (including phenoxy) is 4. The van der Waals surface area contributed by atoms with E-state index in [4.69, 9.17) is 33.7 Å². The molecule has 1 aromatic heterocycles. The predicted octanol–water partition coefficient (Wildman–Crippen LogP) is 8.99. The summed E-state index contributed by atoms with van der Waals surface area (Å²) in [6.45, 7) is 2.05. The molecule has 2 aliphatic heterocycles. The Morgan fingerprint density at radius 3 is 1.96 bits per heavy atom. The number of esters is 2. The lowest BCUT2D eigenvalue weighted by molar-refractivity contribution is -0.161. The number of phosphoric ester groups is 2. The summed E-state index contributed by atoms with van der Waals surface area (Å²) in [4.78, 5) is 62.0. The van der Waals surface area contributed by atoms with Crippen LogP contribution in [0.4, 0.5) is 5.82 Å². The third kappa shape index (κ3) is 26.8. The van der Waals surface area contributed by atoms with Gasteiger partial charge in [0.25, 0.3) is 0 Å². The molecule has 0 spiro atoms. The molecule has 21 heteroatoms. The number of hydrogen-bond acceptors (Lipinski definition) is 16. The van der Waals surface area contributed by atoms with Gasteiger partial charge in [0, 0.05) is 19.0 Å². The molecule has 69 heavy (non-hydrogen) atoms. The molecule has 3 heterocycles. The molecule has 0 saturated carbocycles. The quantitative estimate of drug-likeness (QED) is 0.0135. The summed E-state index contributed by atoms with van der Waals surface area (Å²) in [5.74, 6) is -1.37. The molecule has 1 aromatic rings. The number of aliphatic hydroxyl groups excluding tert-OH is 2. The highest BCUT2D eigenvalue weighted by Crippen LogP contribution is 2.60. The molecule has 19 nitrogen and oxygen atoms in total. The van der Waals surface area contributed by atoms with Crippen molar-refractivity contribution in [2.75, 3.05) is 25.6 Å². The van der Waals surface area contributed by atoms with Gasteiger partial charge in [0.05, 0.1) is 25.4 Å². The van der Waals surface area contributed by atoms with Crippen LogP contribution in [0, 0.1) is 0 Å². The predicted molar refractivity (Wildman–Crippen MR) is 261 cm³/mol. The minimum Gasteiger partial charge on any atom is -0.462 e. The van der Waals surface area contributed by atoms with Crippen LogP contribution in [0.2, 0.25) is 0 Å². The lowest BCUT2D eigenvalue weighted by atomic mass is 10.0. The second-order valence-electron chi connectivity index (χ2n) is 17.7. The van der Waals surface area contributed by atoms with E-state index >= 15 is 0 Å². The molecule has 2 fully saturated rings. The SMILES string of the molecule is CCCCC/C=C\C/C=C\C/C=C\CC1OC1CCCC(=O)O[C@H](COC(=O)CCCCCCCCCCCCCCC)COP(=O)(O)OP(=O)(O)OC[C@H]1O[C@@H](n2ccc(N)nc2=O)[C@H](O)[C@@H]1O. The zero-order valence-electron chi connectivity index (χ0n) is 40.8. The summed E-state index contributed by atoms with van der Waals surface area (Å²) in [6, 6.07) is 1.24. The number of unbranched alkanes of at least 4 members (excludes halogenated alkanes) is 15. The number of aliphatic hydroxyl groups is 2. The molecular weight excluding hydrogens is 936 g/mol. The Labute approximate surface area is 408 Å². The average Bonchev–Trinajstić information content (AvgIpc) is 3.99. The van der Waals surface area contributed by atoms with Crippen molar-refractivity contribution < 1.29 is 71.0 Å². The number of hydrogen-bond donors (Lipinski definition) is 5. The first-order valence-corrected chi connectivity index (χ1v) is 28.1. The molecule has 6 N–H and O–H groups in total. The summed E-state index contributed by atoms with van der Waals surface area (Å²) >= 11 is 0. The van der Waals surface area contributed by atoms with Gasteiger partial charge in [0.15, 0.2) is 12.3 Å². The van der Waals surface area contributed by atoms with E-state index in [2.05, 4.69) is 59.6 Å². The van der Waals surface area contributed by atoms with Crippen LogP contribution in [0.5, 0.6) is 0 Å². The van der Waals surface area contributed by atoms with E-state index in [9.17, 15) is 43.5 Å². The van der Waals surface area contributed by atoms with Crippen molar-refractivity contribution in [1.82, 2.24) is 9.55 Å². The van der Waals surface area contributed by atoms with Gasteiger partial charge in [-0.2, -0.15) is 9.29 Å². The maximum atomic E-state index is 12.9. The van der Waals surface area contributed by atoms with Gasteiger partial charge in [-0.3, -0.25) is 23.2 Å². The second kappa shape index (κ2) is 34.3. The van der Waals surface area contributed by atoms with Gasteiger partial charge in [0.1, 0.15) is 30.7 Å². The highest BCUT2D eigenvalue weighted by molar-refractivity contribution is 7.61. The van der Waals surface area contributed by atoms with E-state index in [0.29, 0.717) is 19.3 Å². The van der Waals surface area contributed by atoms with Gasteiger partial charge in [-0.25, -0.2) is 13.9 Å². The number of nitrogens with zero attached hydrogens (tertiary/aromatic N) is 2. The van der Waals surface area contributed by atoms with Crippen molar-refractivity contribution in [1.29, 1.82) is 0 Å². The van der Waals surface area contributed by atoms with Crippen molar-refractivity contribution in [2.45, 2.75) is 211 Å². The number of carbonyl (C=O) groups is 2. The van der Waals surface area contributed by atoms with Crippen molar-refractivity contribution >= 4 is 33.4 Å². The fourth-order valence-corrected chi connectivity index (χ4v) is 9.75. The van der Waals surface area contributed by atoms with E-state index in [1.807, 2.05) is 0 Å². The van der Waals surface area contributed by atoms with Crippen LogP contribution in [0.3, 0.4) is 0 Å². The summed E-state index contributed by atoms with van der Waals surface area (Å²) in [5, 5.41) is 20.9. The standard InChI is InChI=1S/C48H81N3O16P2/c1-3-5-7-9-11-13-15-17-19-21-23-25-27-31-43(52)61-35-38(64-44(53)32-28-30-40-39(65-40)29-26-24-22-20-18-16-14-12-10-8-6-4-2)36-62-68(57,58)67-69(59,60)63-37-41-45(54)46(55)47(66-41)51-34-33-42(49)50-48(51)56/h12,14,18,20,24,26,33-34,38-41,45-47,54-55H,3-11,13,15-17,19,21-23,25,27-32,35-37H2,1-2H3,(H,57,58)(H,59,60)(H2,49,50,56)/b14-12-,20-18-,26-24-/t38-,39?,40?,41-,45-,46-,47-/m1/s1. The Balaban J connectivity index is 1.43. The molecule has 0 aliphatic carbocycles. The van der Waals surface area contributed by atoms with E-state index in [1.165, 1.54) is 76.7 Å². The maximum Gasteiger partial charge on any atom is 0.481 e. The van der Waals surface area contributed by atoms with Gasteiger partial charge in [-0.15, -0.1) is 0 Å². The summed E-state index contributed by atoms with van der Waals surface area (Å²) in [7, 11) is -10.9. The molecule has 0 bridgehead atoms. The Kier molecular flexibility index (Phi) is 30.0. The van der Waals surface area contributed by atoms with Gasteiger partial charge in [-0.1, -0.05) is 140 Å². The topological polar surface area (TPSA) is 278 Å². The summed E-state index contributed by atoms with van der Waals surface area (Å²) in [6.07, 6.45) is 29.5. The van der Waals surface area contributed by atoms with Crippen LogP contribution >= 0.6 is 15.6 Å². The minimum absolute atomic E-state index is 0.00422.